The Labute approximate surface area is 137 Å². The standard InChI is InChI=1S/C18H25N3O2/c1-18(2,3)23-16(14-9-7-6-8-10-14)17(22)21(5)13-15-19-11-12-20(15)4/h6-12,16H,13H2,1-5H3/t16-/m1/s1. The Bertz CT molecular complexity index is 644. The van der Waals surface area contributed by atoms with Gasteiger partial charge in [0.15, 0.2) is 6.10 Å². The molecule has 2 rings (SSSR count). The van der Waals surface area contributed by atoms with E-state index in [0.29, 0.717) is 6.54 Å². The summed E-state index contributed by atoms with van der Waals surface area (Å²) >= 11 is 0. The lowest BCUT2D eigenvalue weighted by Crippen LogP contribution is -2.36. The predicted octanol–water partition coefficient (Wildman–Crippen LogP) is 2.93. The number of aryl methyl sites for hydroxylation is 1. The van der Waals surface area contributed by atoms with E-state index < -0.39 is 11.7 Å². The fourth-order valence-electron chi connectivity index (χ4n) is 2.28. The molecule has 0 bridgehead atoms. The summed E-state index contributed by atoms with van der Waals surface area (Å²) in [6.45, 7) is 6.30. The number of aromatic nitrogens is 2. The fourth-order valence-corrected chi connectivity index (χ4v) is 2.28. The Hall–Kier alpha value is -2.14. The van der Waals surface area contributed by atoms with Crippen molar-refractivity contribution in [2.24, 2.45) is 7.05 Å². The van der Waals surface area contributed by atoms with Crippen LogP contribution in [-0.2, 0) is 23.1 Å². The number of imidazole rings is 1. The Morgan fingerprint density at radius 3 is 2.48 bits per heavy atom. The second kappa shape index (κ2) is 6.96. The second-order valence-corrected chi connectivity index (χ2v) is 6.67. The van der Waals surface area contributed by atoms with E-state index >= 15 is 0 Å². The summed E-state index contributed by atoms with van der Waals surface area (Å²) in [5.41, 5.74) is 0.444. The first-order valence-corrected chi connectivity index (χ1v) is 7.72. The second-order valence-electron chi connectivity index (χ2n) is 6.67. The van der Waals surface area contributed by atoms with Gasteiger partial charge in [-0.3, -0.25) is 4.79 Å². The van der Waals surface area contributed by atoms with Crippen molar-refractivity contribution in [1.82, 2.24) is 14.5 Å². The average Bonchev–Trinajstić information content (AvgIpc) is 2.89. The van der Waals surface area contributed by atoms with E-state index in [0.717, 1.165) is 11.4 Å². The van der Waals surface area contributed by atoms with E-state index in [-0.39, 0.29) is 5.91 Å². The maximum absolute atomic E-state index is 12.9. The SMILES string of the molecule is CN(Cc1nccn1C)C(=O)[C@H](OC(C)(C)C)c1ccccc1. The molecule has 5 nitrogen and oxygen atoms in total. The molecular weight excluding hydrogens is 290 g/mol. The van der Waals surface area contributed by atoms with Crippen LogP contribution >= 0.6 is 0 Å². The predicted molar refractivity (Wildman–Crippen MR) is 89.7 cm³/mol. The van der Waals surface area contributed by atoms with Gasteiger partial charge < -0.3 is 14.2 Å². The lowest BCUT2D eigenvalue weighted by Gasteiger charge is -2.30. The summed E-state index contributed by atoms with van der Waals surface area (Å²) in [5.74, 6) is 0.762. The highest BCUT2D eigenvalue weighted by molar-refractivity contribution is 5.82. The summed E-state index contributed by atoms with van der Waals surface area (Å²) < 4.78 is 7.95. The summed E-state index contributed by atoms with van der Waals surface area (Å²) in [4.78, 5) is 18.9. The highest BCUT2D eigenvalue weighted by Gasteiger charge is 2.29. The molecule has 124 valence electrons. The summed E-state index contributed by atoms with van der Waals surface area (Å²) in [6, 6.07) is 9.60. The van der Waals surface area contributed by atoms with Crippen LogP contribution in [-0.4, -0.2) is 33.0 Å². The number of likely N-dealkylation sites (N-methyl/N-ethyl adjacent to an activating group) is 1. The van der Waals surface area contributed by atoms with Crippen molar-refractivity contribution in [2.45, 2.75) is 39.0 Å². The van der Waals surface area contributed by atoms with Crippen LogP contribution in [0.4, 0.5) is 0 Å². The smallest absolute Gasteiger partial charge is 0.256 e. The van der Waals surface area contributed by atoms with E-state index in [1.54, 1.807) is 18.1 Å². The maximum Gasteiger partial charge on any atom is 0.256 e. The van der Waals surface area contributed by atoms with E-state index in [9.17, 15) is 4.79 Å². The zero-order valence-electron chi connectivity index (χ0n) is 14.5. The van der Waals surface area contributed by atoms with Crippen LogP contribution in [0.2, 0.25) is 0 Å². The minimum absolute atomic E-state index is 0.0749. The number of carbonyl (C=O) groups excluding carboxylic acids is 1. The molecular formula is C18H25N3O2. The normalized spacial score (nSPS) is 12.9. The van der Waals surface area contributed by atoms with Gasteiger partial charge in [-0.1, -0.05) is 30.3 Å². The number of ether oxygens (including phenoxy) is 1. The lowest BCUT2D eigenvalue weighted by atomic mass is 10.1. The van der Waals surface area contributed by atoms with Gasteiger partial charge in [0.1, 0.15) is 5.82 Å². The minimum atomic E-state index is -0.624. The van der Waals surface area contributed by atoms with Crippen molar-refractivity contribution in [3.63, 3.8) is 0 Å². The van der Waals surface area contributed by atoms with Crippen LogP contribution in [0.25, 0.3) is 0 Å². The molecule has 0 spiro atoms. The maximum atomic E-state index is 12.9. The molecule has 0 aliphatic carbocycles. The Balaban J connectivity index is 2.20. The van der Waals surface area contributed by atoms with Gasteiger partial charge in [0.25, 0.3) is 5.91 Å². The molecule has 2 aromatic rings. The first kappa shape index (κ1) is 17.2. The van der Waals surface area contributed by atoms with Gasteiger partial charge in [0.2, 0.25) is 0 Å². The third kappa shape index (κ3) is 4.66. The molecule has 1 aromatic heterocycles. The van der Waals surface area contributed by atoms with Crippen LogP contribution < -0.4 is 0 Å². The molecule has 1 aromatic carbocycles. The molecule has 0 N–H and O–H groups in total. The van der Waals surface area contributed by atoms with E-state index in [1.807, 2.05) is 68.9 Å². The van der Waals surface area contributed by atoms with E-state index in [4.69, 9.17) is 4.74 Å². The van der Waals surface area contributed by atoms with Gasteiger partial charge in [-0.2, -0.15) is 0 Å². The number of hydrogen-bond acceptors (Lipinski definition) is 3. The first-order valence-electron chi connectivity index (χ1n) is 7.72. The minimum Gasteiger partial charge on any atom is -0.358 e. The zero-order valence-corrected chi connectivity index (χ0v) is 14.5. The summed E-state index contributed by atoms with van der Waals surface area (Å²) in [6.07, 6.45) is 2.98. The van der Waals surface area contributed by atoms with Crippen molar-refractivity contribution in [2.75, 3.05) is 7.05 Å². The van der Waals surface area contributed by atoms with Crippen molar-refractivity contribution >= 4 is 5.91 Å². The number of hydrogen-bond donors (Lipinski definition) is 0. The number of carbonyl (C=O) groups is 1. The molecule has 0 radical (unpaired) electrons. The molecule has 1 atom stereocenters. The van der Waals surface area contributed by atoms with Gasteiger partial charge in [-0.25, -0.2) is 4.98 Å². The van der Waals surface area contributed by atoms with Crippen LogP contribution in [0.3, 0.4) is 0 Å². The van der Waals surface area contributed by atoms with Crippen molar-refractivity contribution in [1.29, 1.82) is 0 Å². The average molecular weight is 315 g/mol. The number of nitrogens with zero attached hydrogens (tertiary/aromatic N) is 3. The Morgan fingerprint density at radius 2 is 1.96 bits per heavy atom. The van der Waals surface area contributed by atoms with E-state index in [2.05, 4.69) is 4.98 Å². The number of rotatable bonds is 5. The highest BCUT2D eigenvalue weighted by Crippen LogP contribution is 2.26. The van der Waals surface area contributed by atoms with Crippen LogP contribution in [0.1, 0.15) is 38.3 Å². The number of amides is 1. The molecule has 1 amide bonds. The van der Waals surface area contributed by atoms with Crippen molar-refractivity contribution in [3.8, 4) is 0 Å². The summed E-state index contributed by atoms with van der Waals surface area (Å²) in [5, 5.41) is 0. The molecule has 0 aliphatic rings. The zero-order chi connectivity index (χ0) is 17.0. The first-order chi connectivity index (χ1) is 10.8. The Kier molecular flexibility index (Phi) is 5.21. The molecule has 0 aliphatic heterocycles. The molecule has 23 heavy (non-hydrogen) atoms. The highest BCUT2D eigenvalue weighted by atomic mass is 16.5. The molecule has 0 fully saturated rings. The van der Waals surface area contributed by atoms with Gasteiger partial charge in [-0.15, -0.1) is 0 Å². The Morgan fingerprint density at radius 1 is 1.30 bits per heavy atom. The monoisotopic (exact) mass is 315 g/mol. The van der Waals surface area contributed by atoms with Crippen LogP contribution in [0.5, 0.6) is 0 Å². The molecule has 0 saturated carbocycles. The quantitative estimate of drug-likeness (QED) is 0.852. The van der Waals surface area contributed by atoms with E-state index in [1.165, 1.54) is 0 Å². The third-order valence-electron chi connectivity index (χ3n) is 3.47. The largest absolute Gasteiger partial charge is 0.358 e. The molecule has 5 heteroatoms. The summed E-state index contributed by atoms with van der Waals surface area (Å²) in [7, 11) is 3.69. The molecule has 0 saturated heterocycles. The van der Waals surface area contributed by atoms with Crippen molar-refractivity contribution in [3.05, 3.63) is 54.1 Å². The van der Waals surface area contributed by atoms with Crippen LogP contribution in [0, 0.1) is 0 Å². The van der Waals surface area contributed by atoms with Gasteiger partial charge in [0.05, 0.1) is 12.1 Å². The van der Waals surface area contributed by atoms with Gasteiger partial charge >= 0.3 is 0 Å². The lowest BCUT2D eigenvalue weighted by molar-refractivity contribution is -0.153. The third-order valence-corrected chi connectivity index (χ3v) is 3.47. The fraction of sp³-hybridized carbons (Fsp3) is 0.444. The van der Waals surface area contributed by atoms with Gasteiger partial charge in [0, 0.05) is 26.5 Å². The molecule has 0 unspecified atom stereocenters. The van der Waals surface area contributed by atoms with Crippen molar-refractivity contribution < 1.29 is 9.53 Å². The molecule has 1 heterocycles. The number of benzene rings is 1. The van der Waals surface area contributed by atoms with Gasteiger partial charge in [-0.05, 0) is 26.3 Å². The topological polar surface area (TPSA) is 47.4 Å². The van der Waals surface area contributed by atoms with Crippen LogP contribution in [0.15, 0.2) is 42.7 Å².